The molecule has 2 nitrogen and oxygen atoms in total. The van der Waals surface area contributed by atoms with Gasteiger partial charge in [0, 0.05) is 10.0 Å². The molecule has 0 unspecified atom stereocenters. The van der Waals surface area contributed by atoms with Crippen molar-refractivity contribution in [2.75, 3.05) is 0 Å². The van der Waals surface area contributed by atoms with E-state index in [0.717, 1.165) is 50.4 Å². The highest BCUT2D eigenvalue weighted by molar-refractivity contribution is 8.84. The molecule has 58 valence electrons. The summed E-state index contributed by atoms with van der Waals surface area (Å²) in [7, 11) is 7.48. The fraction of sp³-hybridized carbons (Fsp3) is 0.600. The van der Waals surface area contributed by atoms with Crippen molar-refractivity contribution in [1.29, 1.82) is 0 Å². The van der Waals surface area contributed by atoms with Crippen LogP contribution in [-0.2, 0) is 0 Å². The quantitative estimate of drug-likeness (QED) is 0.427. The molecule has 0 saturated carbocycles. The molecule has 0 aromatic carbocycles. The van der Waals surface area contributed by atoms with Crippen molar-refractivity contribution in [1.82, 2.24) is 4.47 Å². The van der Waals surface area contributed by atoms with Gasteiger partial charge in [0.05, 0.1) is 16.7 Å². The zero-order valence-corrected chi connectivity index (χ0v) is 7.68. The molecule has 1 N–H and O–H groups in total. The van der Waals surface area contributed by atoms with Crippen molar-refractivity contribution in [2.45, 2.75) is 19.3 Å². The SMILES string of the molecule is ON(SSCl)C1=CCCC1. The molecule has 5 heteroatoms. The molecule has 0 saturated heterocycles. The molecule has 0 aromatic heterocycles. The van der Waals surface area contributed by atoms with E-state index in [1.165, 1.54) is 0 Å². The van der Waals surface area contributed by atoms with Crippen LogP contribution in [-0.4, -0.2) is 9.68 Å². The molecular weight excluding hydrogens is 190 g/mol. The van der Waals surface area contributed by atoms with Crippen LogP contribution in [0.2, 0.25) is 0 Å². The summed E-state index contributed by atoms with van der Waals surface area (Å²) in [5.74, 6) is 0. The van der Waals surface area contributed by atoms with Crippen LogP contribution < -0.4 is 0 Å². The average Bonchev–Trinajstić information content (AvgIpc) is 2.38. The lowest BCUT2D eigenvalue weighted by atomic mass is 10.3. The van der Waals surface area contributed by atoms with Crippen LogP contribution in [0, 0.1) is 0 Å². The van der Waals surface area contributed by atoms with Crippen LogP contribution >= 0.6 is 31.7 Å². The Morgan fingerprint density at radius 1 is 1.70 bits per heavy atom. The topological polar surface area (TPSA) is 23.5 Å². The summed E-state index contributed by atoms with van der Waals surface area (Å²) >= 11 is 0. The van der Waals surface area contributed by atoms with E-state index in [4.69, 9.17) is 10.7 Å². The van der Waals surface area contributed by atoms with Crippen LogP contribution in [0.15, 0.2) is 11.8 Å². The fourth-order valence-corrected chi connectivity index (χ4v) is 2.14. The lowest BCUT2D eigenvalue weighted by Gasteiger charge is -2.12. The Balaban J connectivity index is 2.32. The van der Waals surface area contributed by atoms with Gasteiger partial charge in [-0.05, 0) is 29.9 Å². The Kier molecular flexibility index (Phi) is 3.76. The van der Waals surface area contributed by atoms with Crippen molar-refractivity contribution in [3.05, 3.63) is 11.8 Å². The summed E-state index contributed by atoms with van der Waals surface area (Å²) in [6, 6.07) is 0. The van der Waals surface area contributed by atoms with Gasteiger partial charge in [0.15, 0.2) is 0 Å². The van der Waals surface area contributed by atoms with E-state index < -0.39 is 0 Å². The molecule has 0 atom stereocenters. The van der Waals surface area contributed by atoms with E-state index >= 15 is 0 Å². The summed E-state index contributed by atoms with van der Waals surface area (Å²) < 4.78 is 1.13. The summed E-state index contributed by atoms with van der Waals surface area (Å²) in [6.07, 6.45) is 5.20. The number of nitrogens with zero attached hydrogens (tertiary/aromatic N) is 1. The summed E-state index contributed by atoms with van der Waals surface area (Å²) in [4.78, 5) is 0. The molecule has 0 heterocycles. The van der Waals surface area contributed by atoms with Crippen LogP contribution in [0.4, 0.5) is 0 Å². The Labute approximate surface area is 72.6 Å². The van der Waals surface area contributed by atoms with E-state index in [1.54, 1.807) is 0 Å². The Bertz CT molecular complexity index is 142. The molecule has 0 spiro atoms. The highest BCUT2D eigenvalue weighted by Gasteiger charge is 2.11. The predicted octanol–water partition coefficient (Wildman–Crippen LogP) is 3.20. The van der Waals surface area contributed by atoms with Crippen molar-refractivity contribution < 1.29 is 5.21 Å². The van der Waals surface area contributed by atoms with Crippen LogP contribution in [0.25, 0.3) is 0 Å². The molecule has 0 amide bonds. The molecule has 0 aliphatic heterocycles. The van der Waals surface area contributed by atoms with Gasteiger partial charge in [-0.3, -0.25) is 5.21 Å². The van der Waals surface area contributed by atoms with Crippen molar-refractivity contribution in [2.24, 2.45) is 0 Å². The number of allylic oxidation sites excluding steroid dienone is 2. The average molecular weight is 198 g/mol. The van der Waals surface area contributed by atoms with Gasteiger partial charge in [0.25, 0.3) is 0 Å². The van der Waals surface area contributed by atoms with Gasteiger partial charge in [-0.15, -0.1) is 0 Å². The van der Waals surface area contributed by atoms with Crippen molar-refractivity contribution in [3.8, 4) is 0 Å². The third kappa shape index (κ3) is 2.27. The minimum absolute atomic E-state index is 0.959. The summed E-state index contributed by atoms with van der Waals surface area (Å²) in [6.45, 7) is 0. The standard InChI is InChI=1S/C5H8ClNOS2/c6-9-10-7(8)5-3-1-2-4-5/h3,8H,1-2,4H2. The Morgan fingerprint density at radius 2 is 2.50 bits per heavy atom. The first-order valence-corrected chi connectivity index (χ1v) is 5.91. The molecule has 1 rings (SSSR count). The van der Waals surface area contributed by atoms with Gasteiger partial charge >= 0.3 is 0 Å². The van der Waals surface area contributed by atoms with Crippen LogP contribution in [0.5, 0.6) is 0 Å². The first-order chi connectivity index (χ1) is 4.84. The highest BCUT2D eigenvalue weighted by Crippen LogP contribution is 2.34. The van der Waals surface area contributed by atoms with Crippen LogP contribution in [0.1, 0.15) is 19.3 Å². The third-order valence-corrected chi connectivity index (χ3v) is 2.89. The molecule has 1 aliphatic rings. The zero-order valence-electron chi connectivity index (χ0n) is 5.29. The van der Waals surface area contributed by atoms with E-state index in [1.807, 2.05) is 6.08 Å². The third-order valence-electron chi connectivity index (χ3n) is 1.36. The minimum atomic E-state index is 0.959. The smallest absolute Gasteiger partial charge is 0.0659 e. The second kappa shape index (κ2) is 4.38. The lowest BCUT2D eigenvalue weighted by Crippen LogP contribution is -2.05. The van der Waals surface area contributed by atoms with E-state index in [0.29, 0.717) is 0 Å². The number of halogens is 1. The van der Waals surface area contributed by atoms with Gasteiger partial charge < -0.3 is 0 Å². The molecule has 0 radical (unpaired) electrons. The highest BCUT2D eigenvalue weighted by atomic mass is 35.7. The summed E-state index contributed by atoms with van der Waals surface area (Å²) in [5, 5.41) is 9.17. The number of hydrogen-bond donors (Lipinski definition) is 1. The van der Waals surface area contributed by atoms with Gasteiger partial charge in [-0.25, -0.2) is 0 Å². The number of hydroxylamine groups is 1. The molecule has 0 aromatic rings. The second-order valence-corrected chi connectivity index (χ2v) is 4.58. The van der Waals surface area contributed by atoms with Crippen LogP contribution in [0.3, 0.4) is 0 Å². The lowest BCUT2D eigenvalue weighted by molar-refractivity contribution is 0.0533. The Morgan fingerprint density at radius 3 is 3.00 bits per heavy atom. The molecule has 0 fully saturated rings. The van der Waals surface area contributed by atoms with Gasteiger partial charge in [0.2, 0.25) is 0 Å². The minimum Gasteiger partial charge on any atom is -0.277 e. The first kappa shape index (κ1) is 8.59. The van der Waals surface area contributed by atoms with E-state index in [-0.39, 0.29) is 0 Å². The van der Waals surface area contributed by atoms with Gasteiger partial charge in [0.1, 0.15) is 0 Å². The molecule has 0 bridgehead atoms. The van der Waals surface area contributed by atoms with Crippen molar-refractivity contribution >= 4 is 31.7 Å². The Hall–Kier alpha value is 0.490. The van der Waals surface area contributed by atoms with Gasteiger partial charge in [-0.1, -0.05) is 6.08 Å². The molecule has 10 heavy (non-hydrogen) atoms. The van der Waals surface area contributed by atoms with E-state index in [2.05, 4.69) is 0 Å². The maximum absolute atomic E-state index is 9.17. The summed E-state index contributed by atoms with van der Waals surface area (Å²) in [5.41, 5.74) is 0.971. The largest absolute Gasteiger partial charge is 0.277 e. The number of hydrogen-bond acceptors (Lipinski definition) is 4. The maximum atomic E-state index is 9.17. The molecule has 1 aliphatic carbocycles. The first-order valence-electron chi connectivity index (χ1n) is 2.98. The predicted molar refractivity (Wildman–Crippen MR) is 46.6 cm³/mol. The second-order valence-electron chi connectivity index (χ2n) is 2.00. The number of rotatable bonds is 3. The van der Waals surface area contributed by atoms with E-state index in [9.17, 15) is 5.21 Å². The normalized spacial score (nSPS) is 17.2. The van der Waals surface area contributed by atoms with Gasteiger partial charge in [-0.2, -0.15) is 4.47 Å². The van der Waals surface area contributed by atoms with Crippen molar-refractivity contribution in [3.63, 3.8) is 0 Å². The monoisotopic (exact) mass is 197 g/mol. The maximum Gasteiger partial charge on any atom is 0.0659 e. The zero-order chi connectivity index (χ0) is 7.40. The fourth-order valence-electron chi connectivity index (χ4n) is 0.902. The molecular formula is C5H8ClNOS2.